The first kappa shape index (κ1) is 18.4. The van der Waals surface area contributed by atoms with Gasteiger partial charge in [0.05, 0.1) is 17.6 Å². The average Bonchev–Trinajstić information content (AvgIpc) is 3.39. The van der Waals surface area contributed by atoms with E-state index in [1.165, 1.54) is 12.1 Å². The molecule has 0 atom stereocenters. The Balaban J connectivity index is 1.47. The number of rotatable bonds is 2. The van der Waals surface area contributed by atoms with Crippen molar-refractivity contribution in [1.29, 1.82) is 0 Å². The highest BCUT2D eigenvalue weighted by atomic mass is 32.1. The summed E-state index contributed by atoms with van der Waals surface area (Å²) in [7, 11) is 2.10. The summed E-state index contributed by atoms with van der Waals surface area (Å²) in [4.78, 5) is 17.0. The molecule has 150 valence electrons. The Hall–Kier alpha value is -2.58. The normalized spacial score (nSPS) is 18.8. The molecule has 0 N–H and O–H groups in total. The Morgan fingerprint density at radius 2 is 1.90 bits per heavy atom. The molecule has 0 aliphatic carbocycles. The maximum atomic E-state index is 13.4. The molecule has 29 heavy (non-hydrogen) atoms. The van der Waals surface area contributed by atoms with Crippen molar-refractivity contribution in [3.63, 3.8) is 0 Å². The first-order valence-corrected chi connectivity index (χ1v) is 10.7. The topological polar surface area (TPSA) is 54.3 Å². The van der Waals surface area contributed by atoms with Crippen molar-refractivity contribution in [2.45, 2.75) is 24.9 Å². The zero-order valence-electron chi connectivity index (χ0n) is 16.2. The van der Waals surface area contributed by atoms with Crippen LogP contribution in [0.2, 0.25) is 0 Å². The first-order chi connectivity index (χ1) is 14.1. The zero-order valence-corrected chi connectivity index (χ0v) is 17.0. The van der Waals surface area contributed by atoms with E-state index in [1.54, 1.807) is 23.5 Å². The second-order valence-corrected chi connectivity index (χ2v) is 8.76. The molecule has 2 aromatic heterocycles. The molecule has 0 bridgehead atoms. The number of hydrogen-bond acceptors (Lipinski definition) is 5. The quantitative estimate of drug-likeness (QED) is 0.650. The summed E-state index contributed by atoms with van der Waals surface area (Å²) >= 11 is 1.54. The number of fused-ring (bicyclic) bond motifs is 2. The van der Waals surface area contributed by atoms with Crippen LogP contribution in [0.4, 0.5) is 4.39 Å². The molecule has 6 nitrogen and oxygen atoms in total. The van der Waals surface area contributed by atoms with Crippen LogP contribution in [-0.4, -0.2) is 57.2 Å². The zero-order chi connectivity index (χ0) is 20.0. The highest BCUT2D eigenvalue weighted by Gasteiger charge is 2.44. The smallest absolute Gasteiger partial charge is 0.254 e. The summed E-state index contributed by atoms with van der Waals surface area (Å²) in [5, 5.41) is 12.8. The van der Waals surface area contributed by atoms with Crippen molar-refractivity contribution >= 4 is 17.2 Å². The highest BCUT2D eigenvalue weighted by molar-refractivity contribution is 7.08. The Labute approximate surface area is 172 Å². The Bertz CT molecular complexity index is 1020. The third-order valence-corrected chi connectivity index (χ3v) is 6.72. The van der Waals surface area contributed by atoms with E-state index < -0.39 is 0 Å². The van der Waals surface area contributed by atoms with Gasteiger partial charge in [-0.15, -0.1) is 10.2 Å². The van der Waals surface area contributed by atoms with Gasteiger partial charge in [0.15, 0.2) is 5.82 Å². The van der Waals surface area contributed by atoms with E-state index in [1.807, 2.05) is 21.7 Å². The van der Waals surface area contributed by atoms with Crippen molar-refractivity contribution in [1.82, 2.24) is 24.6 Å². The van der Waals surface area contributed by atoms with Gasteiger partial charge in [-0.25, -0.2) is 4.39 Å². The number of aromatic nitrogens is 3. The molecule has 3 aromatic rings. The third kappa shape index (κ3) is 3.16. The number of amides is 1. The van der Waals surface area contributed by atoms with E-state index in [-0.39, 0.29) is 17.3 Å². The van der Waals surface area contributed by atoms with Crippen LogP contribution in [0.3, 0.4) is 0 Å². The van der Waals surface area contributed by atoms with Crippen molar-refractivity contribution < 1.29 is 9.18 Å². The minimum atomic E-state index is -0.262. The van der Waals surface area contributed by atoms with Crippen LogP contribution in [0, 0.1) is 5.82 Å². The molecular weight excluding hydrogens is 389 g/mol. The molecule has 0 radical (unpaired) electrons. The first-order valence-electron chi connectivity index (χ1n) is 9.76. The molecule has 1 saturated heterocycles. The van der Waals surface area contributed by atoms with Gasteiger partial charge in [-0.05, 0) is 55.6 Å². The van der Waals surface area contributed by atoms with Crippen LogP contribution in [-0.2, 0) is 12.1 Å². The van der Waals surface area contributed by atoms with E-state index in [9.17, 15) is 9.18 Å². The Kier molecular flexibility index (Phi) is 4.48. The van der Waals surface area contributed by atoms with E-state index >= 15 is 0 Å². The molecular formula is C21H22FN5OS. The van der Waals surface area contributed by atoms with E-state index in [2.05, 4.69) is 26.7 Å². The number of nitrogens with zero attached hydrogens (tertiary/aromatic N) is 5. The molecule has 2 aliphatic heterocycles. The van der Waals surface area contributed by atoms with Gasteiger partial charge in [0.25, 0.3) is 5.91 Å². The number of thiophene rings is 1. The molecule has 0 unspecified atom stereocenters. The lowest BCUT2D eigenvalue weighted by molar-refractivity contribution is 0.0410. The maximum Gasteiger partial charge on any atom is 0.254 e. The molecule has 4 heterocycles. The number of hydrogen-bond donors (Lipinski definition) is 0. The number of carbonyl (C=O) groups excluding carboxylic acids is 1. The number of benzene rings is 1. The predicted molar refractivity (Wildman–Crippen MR) is 109 cm³/mol. The number of piperidine rings is 1. The lowest BCUT2D eigenvalue weighted by Gasteiger charge is -2.48. The van der Waals surface area contributed by atoms with Gasteiger partial charge in [-0.3, -0.25) is 9.69 Å². The van der Waals surface area contributed by atoms with Gasteiger partial charge in [-0.2, -0.15) is 11.3 Å². The van der Waals surface area contributed by atoms with E-state index in [0.29, 0.717) is 13.1 Å². The maximum absolute atomic E-state index is 13.4. The fourth-order valence-corrected chi connectivity index (χ4v) is 5.28. The van der Waals surface area contributed by atoms with Crippen molar-refractivity contribution in [2.24, 2.45) is 0 Å². The number of carbonyl (C=O) groups is 1. The van der Waals surface area contributed by atoms with Gasteiger partial charge in [0, 0.05) is 30.6 Å². The molecule has 1 amide bonds. The molecule has 2 aliphatic rings. The Morgan fingerprint density at radius 1 is 1.14 bits per heavy atom. The van der Waals surface area contributed by atoms with Crippen LogP contribution < -0.4 is 0 Å². The minimum Gasteiger partial charge on any atom is -0.338 e. The number of likely N-dealkylation sites (tertiary alicyclic amines) is 1. The van der Waals surface area contributed by atoms with Gasteiger partial charge in [0.1, 0.15) is 11.6 Å². The largest absolute Gasteiger partial charge is 0.338 e. The van der Waals surface area contributed by atoms with Gasteiger partial charge < -0.3 is 9.47 Å². The summed E-state index contributed by atoms with van der Waals surface area (Å²) in [5.41, 5.74) is 1.47. The average molecular weight is 412 g/mol. The van der Waals surface area contributed by atoms with E-state index in [4.69, 9.17) is 0 Å². The van der Waals surface area contributed by atoms with Crippen molar-refractivity contribution in [2.75, 3.05) is 26.7 Å². The summed E-state index contributed by atoms with van der Waals surface area (Å²) in [5.74, 6) is 1.55. The van der Waals surface area contributed by atoms with Crippen LogP contribution in [0.5, 0.6) is 0 Å². The molecule has 5 rings (SSSR count). The summed E-state index contributed by atoms with van der Waals surface area (Å²) in [6.07, 6.45) is 1.68. The summed E-state index contributed by atoms with van der Waals surface area (Å²) in [6, 6.07) is 8.32. The number of likely N-dealkylation sites (N-methyl/N-ethyl adjacent to an activating group) is 1. The molecule has 1 aromatic carbocycles. The molecule has 0 saturated carbocycles. The second kappa shape index (κ2) is 7.03. The second-order valence-electron chi connectivity index (χ2n) is 7.98. The SMILES string of the molecule is CN1Cc2nnc(-c3ccc(F)cc3)n2C2(CCN(C(=O)c3ccsc3)CC2)C1. The van der Waals surface area contributed by atoms with Crippen LogP contribution in [0.25, 0.3) is 11.4 Å². The fraction of sp³-hybridized carbons (Fsp3) is 0.381. The molecule has 1 spiro atoms. The van der Waals surface area contributed by atoms with Crippen LogP contribution in [0.1, 0.15) is 29.0 Å². The summed E-state index contributed by atoms with van der Waals surface area (Å²) in [6.45, 7) is 3.01. The number of halogens is 1. The minimum absolute atomic E-state index is 0.105. The fourth-order valence-electron chi connectivity index (χ4n) is 4.65. The predicted octanol–water partition coefficient (Wildman–Crippen LogP) is 3.22. The monoisotopic (exact) mass is 411 g/mol. The van der Waals surface area contributed by atoms with Crippen LogP contribution in [0.15, 0.2) is 41.1 Å². The van der Waals surface area contributed by atoms with Crippen LogP contribution >= 0.6 is 11.3 Å². The van der Waals surface area contributed by atoms with Gasteiger partial charge in [-0.1, -0.05) is 0 Å². The summed E-state index contributed by atoms with van der Waals surface area (Å²) < 4.78 is 15.7. The Morgan fingerprint density at radius 3 is 2.59 bits per heavy atom. The molecule has 1 fully saturated rings. The van der Waals surface area contributed by atoms with Crippen molar-refractivity contribution in [3.8, 4) is 11.4 Å². The lowest BCUT2D eigenvalue weighted by Crippen LogP contribution is -2.56. The van der Waals surface area contributed by atoms with Gasteiger partial charge >= 0.3 is 0 Å². The highest BCUT2D eigenvalue weighted by Crippen LogP contribution is 2.39. The standard InChI is InChI=1S/C21H22FN5OS/c1-25-12-18-23-24-19(15-2-4-17(22)5-3-15)27(18)21(14-25)7-9-26(10-8-21)20(28)16-6-11-29-13-16/h2-6,11,13H,7-10,12,14H2,1H3. The lowest BCUT2D eigenvalue weighted by atomic mass is 9.84. The van der Waals surface area contributed by atoms with Crippen molar-refractivity contribution in [3.05, 3.63) is 58.3 Å². The van der Waals surface area contributed by atoms with E-state index in [0.717, 1.165) is 48.7 Å². The third-order valence-electron chi connectivity index (χ3n) is 6.03. The van der Waals surface area contributed by atoms with Gasteiger partial charge in [0.2, 0.25) is 0 Å². The molecule has 8 heteroatoms.